The van der Waals surface area contributed by atoms with Gasteiger partial charge in [-0.15, -0.1) is 6.42 Å². The Labute approximate surface area is 311 Å². The lowest BCUT2D eigenvalue weighted by atomic mass is 9.81. The number of aromatic nitrogens is 1. The number of fused-ring (bicyclic) bond motifs is 7. The van der Waals surface area contributed by atoms with Crippen molar-refractivity contribution in [1.29, 1.82) is 0 Å². The summed E-state index contributed by atoms with van der Waals surface area (Å²) in [5.41, 5.74) is 18.1. The minimum atomic E-state index is 0.869. The van der Waals surface area contributed by atoms with E-state index in [1.54, 1.807) is 6.08 Å². The van der Waals surface area contributed by atoms with E-state index in [-0.39, 0.29) is 0 Å². The number of hydrogen-bond acceptors (Lipinski definition) is 1. The quantitative estimate of drug-likeness (QED) is 0.153. The molecule has 9 rings (SSSR count). The highest BCUT2D eigenvalue weighted by Crippen LogP contribution is 2.42. The van der Waals surface area contributed by atoms with Gasteiger partial charge in [0.2, 0.25) is 0 Å². The maximum atomic E-state index is 6.18. The molecule has 0 N–H and O–H groups in total. The minimum Gasteiger partial charge on any atom is -0.456 e. The molecule has 53 heavy (non-hydrogen) atoms. The molecule has 2 aliphatic carbocycles. The smallest absolute Gasteiger partial charge is 0.135 e. The van der Waals surface area contributed by atoms with Crippen LogP contribution in [0.1, 0.15) is 53.5 Å². The molecule has 0 fully saturated rings. The number of nitrogens with zero attached hydrogens (tertiary/aromatic N) is 1. The molecule has 0 bridgehead atoms. The Kier molecular flexibility index (Phi) is 8.26. The predicted octanol–water partition coefficient (Wildman–Crippen LogP) is 13.5. The van der Waals surface area contributed by atoms with Crippen LogP contribution in [0.2, 0.25) is 0 Å². The van der Waals surface area contributed by atoms with Gasteiger partial charge in [0.05, 0.1) is 11.2 Å². The zero-order valence-electron chi connectivity index (χ0n) is 29.9. The lowest BCUT2D eigenvalue weighted by Gasteiger charge is -2.23. The van der Waals surface area contributed by atoms with Crippen LogP contribution < -0.4 is 0 Å². The van der Waals surface area contributed by atoms with E-state index in [9.17, 15) is 0 Å². The molecule has 0 radical (unpaired) electrons. The van der Waals surface area contributed by atoms with Crippen molar-refractivity contribution in [2.45, 2.75) is 32.6 Å². The van der Waals surface area contributed by atoms with Crippen molar-refractivity contribution in [2.24, 2.45) is 0 Å². The molecular weight excluding hydrogens is 643 g/mol. The van der Waals surface area contributed by atoms with Crippen LogP contribution in [0.4, 0.5) is 0 Å². The lowest BCUT2D eigenvalue weighted by molar-refractivity contribution is 0.598. The van der Waals surface area contributed by atoms with Crippen molar-refractivity contribution in [3.8, 4) is 51.4 Å². The highest BCUT2D eigenvalue weighted by molar-refractivity contribution is 5.99. The van der Waals surface area contributed by atoms with Crippen molar-refractivity contribution in [1.82, 2.24) is 4.57 Å². The van der Waals surface area contributed by atoms with Gasteiger partial charge in [-0.2, -0.15) is 0 Å². The van der Waals surface area contributed by atoms with Gasteiger partial charge in [-0.1, -0.05) is 123 Å². The van der Waals surface area contributed by atoms with Gasteiger partial charge in [0.1, 0.15) is 11.3 Å². The first-order valence-corrected chi connectivity index (χ1v) is 18.5. The third-order valence-electron chi connectivity index (χ3n) is 10.7. The molecule has 5 aromatic carbocycles. The Balaban J connectivity index is 1.17. The Hall–Kier alpha value is -6.56. The van der Waals surface area contributed by atoms with Crippen LogP contribution in [0.5, 0.6) is 0 Å². The molecule has 2 heterocycles. The summed E-state index contributed by atoms with van der Waals surface area (Å²) in [6, 6.07) is 38.1. The SMILES string of the molecule is C#C/C=C\C=C1/Cc2ccc(-c3cccc(-n4c5c(c6ccc(-c7ccc8oc(C=C)c(CCC)c8c7)cc64)C=CCC=C5)c3)cc2-c2ccccc21. The van der Waals surface area contributed by atoms with Gasteiger partial charge in [0.15, 0.2) is 0 Å². The monoisotopic (exact) mass is 681 g/mol. The second-order valence-electron chi connectivity index (χ2n) is 13.9. The molecule has 2 aromatic heterocycles. The molecule has 0 saturated heterocycles. The fourth-order valence-corrected chi connectivity index (χ4v) is 8.25. The third-order valence-corrected chi connectivity index (χ3v) is 10.7. The van der Waals surface area contributed by atoms with E-state index in [2.05, 4.69) is 157 Å². The topological polar surface area (TPSA) is 18.1 Å². The molecule has 0 amide bonds. The summed E-state index contributed by atoms with van der Waals surface area (Å²) in [6.07, 6.45) is 26.1. The van der Waals surface area contributed by atoms with E-state index < -0.39 is 0 Å². The van der Waals surface area contributed by atoms with E-state index in [1.165, 1.54) is 83.2 Å². The number of hydrogen-bond donors (Lipinski definition) is 0. The Morgan fingerprint density at radius 1 is 0.792 bits per heavy atom. The Morgan fingerprint density at radius 2 is 1.58 bits per heavy atom. The van der Waals surface area contributed by atoms with Crippen LogP contribution in [0, 0.1) is 12.3 Å². The van der Waals surface area contributed by atoms with Crippen LogP contribution in [0.25, 0.3) is 84.7 Å². The van der Waals surface area contributed by atoms with Gasteiger partial charge in [-0.05, 0) is 124 Å². The summed E-state index contributed by atoms with van der Waals surface area (Å²) in [4.78, 5) is 0. The van der Waals surface area contributed by atoms with Gasteiger partial charge in [0.25, 0.3) is 0 Å². The van der Waals surface area contributed by atoms with E-state index in [0.29, 0.717) is 0 Å². The zero-order chi connectivity index (χ0) is 35.9. The molecular formula is C51H39NO. The third kappa shape index (κ3) is 5.63. The normalized spacial score (nSPS) is 14.0. The van der Waals surface area contributed by atoms with Crippen molar-refractivity contribution >= 4 is 45.7 Å². The average Bonchev–Trinajstić information content (AvgIpc) is 3.59. The Morgan fingerprint density at radius 3 is 2.45 bits per heavy atom. The second kappa shape index (κ2) is 13.5. The van der Waals surface area contributed by atoms with Gasteiger partial charge >= 0.3 is 0 Å². The highest BCUT2D eigenvalue weighted by Gasteiger charge is 2.21. The Bertz CT molecular complexity index is 2760. The molecule has 0 aliphatic heterocycles. The summed E-state index contributed by atoms with van der Waals surface area (Å²) < 4.78 is 8.61. The maximum Gasteiger partial charge on any atom is 0.135 e. The van der Waals surface area contributed by atoms with E-state index >= 15 is 0 Å². The van der Waals surface area contributed by atoms with E-state index in [1.807, 2.05) is 12.2 Å². The van der Waals surface area contributed by atoms with Gasteiger partial charge in [-0.3, -0.25) is 0 Å². The number of terminal acetylenes is 1. The lowest BCUT2D eigenvalue weighted by Crippen LogP contribution is -2.03. The van der Waals surface area contributed by atoms with Crippen LogP contribution in [-0.2, 0) is 12.8 Å². The van der Waals surface area contributed by atoms with E-state index in [0.717, 1.165) is 42.7 Å². The number of furan rings is 1. The molecule has 0 saturated carbocycles. The number of rotatable bonds is 7. The van der Waals surface area contributed by atoms with Gasteiger partial charge < -0.3 is 8.98 Å². The van der Waals surface area contributed by atoms with Crippen molar-refractivity contribution in [2.75, 3.05) is 0 Å². The highest BCUT2D eigenvalue weighted by atomic mass is 16.3. The molecule has 2 aliphatic rings. The van der Waals surface area contributed by atoms with Crippen molar-refractivity contribution in [3.63, 3.8) is 0 Å². The zero-order valence-corrected chi connectivity index (χ0v) is 29.9. The number of allylic oxidation sites excluding steroid dienone is 6. The molecule has 254 valence electrons. The molecule has 2 heteroatoms. The first kappa shape index (κ1) is 32.4. The average molecular weight is 682 g/mol. The fourth-order valence-electron chi connectivity index (χ4n) is 8.25. The molecule has 0 unspecified atom stereocenters. The van der Waals surface area contributed by atoms with Crippen molar-refractivity contribution in [3.05, 3.63) is 174 Å². The van der Waals surface area contributed by atoms with Gasteiger partial charge in [-0.25, -0.2) is 0 Å². The van der Waals surface area contributed by atoms with E-state index in [4.69, 9.17) is 10.8 Å². The fraction of sp³-hybridized carbons (Fsp3) is 0.0980. The summed E-state index contributed by atoms with van der Waals surface area (Å²) in [6.45, 7) is 6.22. The largest absolute Gasteiger partial charge is 0.456 e. The van der Waals surface area contributed by atoms with Gasteiger partial charge in [0, 0.05) is 27.6 Å². The summed E-state index contributed by atoms with van der Waals surface area (Å²) in [7, 11) is 0. The molecule has 2 nitrogen and oxygen atoms in total. The van der Waals surface area contributed by atoms with Crippen LogP contribution in [0.15, 0.2) is 145 Å². The molecule has 0 atom stereocenters. The molecule has 0 spiro atoms. The second-order valence-corrected chi connectivity index (χ2v) is 13.9. The standard InChI is InChI=1S/C51H39NO/c1-4-7-9-16-38-29-39-24-23-35(31-46(39)42-20-13-12-19-41(38)42)34-17-14-18-40(30-34)52-48-22-11-8-10-21-43(48)44-27-25-37(33-49(44)52)36-26-28-51-47(32-36)45(15-5-2)50(6-3)53-51/h1,6-7,9-14,16-28,30-33H,3,5,8,15,29H2,2H3/b9-7-,38-16+. The van der Waals surface area contributed by atoms with Crippen LogP contribution in [-0.4, -0.2) is 4.57 Å². The number of benzene rings is 5. The first-order valence-electron chi connectivity index (χ1n) is 18.5. The summed E-state index contributed by atoms with van der Waals surface area (Å²) >= 11 is 0. The maximum absolute atomic E-state index is 6.18. The first-order chi connectivity index (χ1) is 26.1. The summed E-state index contributed by atoms with van der Waals surface area (Å²) in [5.74, 6) is 3.48. The van der Waals surface area contributed by atoms with Crippen LogP contribution in [0.3, 0.4) is 0 Å². The predicted molar refractivity (Wildman–Crippen MR) is 226 cm³/mol. The van der Waals surface area contributed by atoms with Crippen molar-refractivity contribution < 1.29 is 4.42 Å². The summed E-state index contributed by atoms with van der Waals surface area (Å²) in [5, 5.41) is 2.41. The minimum absolute atomic E-state index is 0.869. The van der Waals surface area contributed by atoms with Crippen LogP contribution >= 0.6 is 0 Å². The molecule has 7 aromatic rings. The number of aryl methyl sites for hydroxylation is 1.